The number of benzene rings is 2. The highest BCUT2D eigenvalue weighted by Gasteiger charge is 2.26. The minimum absolute atomic E-state index is 0. The molecule has 2 rings (SSSR count). The number of rotatable bonds is 8. The van der Waals surface area contributed by atoms with Crippen molar-refractivity contribution in [1.82, 2.24) is 9.62 Å². The van der Waals surface area contributed by atoms with E-state index in [0.717, 1.165) is 5.56 Å². The van der Waals surface area contributed by atoms with E-state index in [1.807, 2.05) is 30.3 Å². The van der Waals surface area contributed by atoms with E-state index in [2.05, 4.69) is 5.32 Å². The molecule has 154 valence electrons. The zero-order valence-corrected chi connectivity index (χ0v) is 17.7. The van der Waals surface area contributed by atoms with E-state index in [-0.39, 0.29) is 47.7 Å². The molecule has 1 amide bonds. The quantitative estimate of drug-likeness (QED) is 0.671. The van der Waals surface area contributed by atoms with Crippen LogP contribution in [-0.2, 0) is 16.6 Å². The highest BCUT2D eigenvalue weighted by molar-refractivity contribution is 7.89. The maximum absolute atomic E-state index is 13.1. The molecule has 0 aliphatic carbocycles. The van der Waals surface area contributed by atoms with Crippen LogP contribution in [0.2, 0.25) is 0 Å². The van der Waals surface area contributed by atoms with Gasteiger partial charge in [-0.1, -0.05) is 30.3 Å². The number of hydrogen-bond acceptors (Lipinski definition) is 5. The molecular weight excluding hydrogens is 402 g/mol. The molecule has 0 unspecified atom stereocenters. The second-order valence-corrected chi connectivity index (χ2v) is 8.24. The van der Waals surface area contributed by atoms with Crippen molar-refractivity contribution >= 4 is 28.3 Å². The number of carbonyl (C=O) groups is 1. The summed E-state index contributed by atoms with van der Waals surface area (Å²) in [5.41, 5.74) is 6.60. The van der Waals surface area contributed by atoms with Crippen molar-refractivity contribution in [3.63, 3.8) is 0 Å². The number of sulfonamides is 1. The van der Waals surface area contributed by atoms with Crippen molar-refractivity contribution in [3.8, 4) is 5.75 Å². The topological polar surface area (TPSA) is 102 Å². The van der Waals surface area contributed by atoms with Crippen LogP contribution in [0.5, 0.6) is 5.75 Å². The van der Waals surface area contributed by atoms with Crippen LogP contribution in [0.1, 0.15) is 22.8 Å². The van der Waals surface area contributed by atoms with Crippen LogP contribution in [0.15, 0.2) is 53.4 Å². The van der Waals surface area contributed by atoms with E-state index in [9.17, 15) is 13.2 Å². The van der Waals surface area contributed by atoms with Crippen LogP contribution < -0.4 is 15.8 Å². The first kappa shape index (κ1) is 23.9. The van der Waals surface area contributed by atoms with Gasteiger partial charge in [0, 0.05) is 31.7 Å². The van der Waals surface area contributed by atoms with Crippen molar-refractivity contribution in [2.45, 2.75) is 24.4 Å². The largest absolute Gasteiger partial charge is 0.495 e. The van der Waals surface area contributed by atoms with Gasteiger partial charge < -0.3 is 15.8 Å². The number of methoxy groups -OCH3 is 1. The Morgan fingerprint density at radius 3 is 2.43 bits per heavy atom. The number of amides is 1. The third kappa shape index (κ3) is 5.68. The molecule has 7 nitrogen and oxygen atoms in total. The molecule has 0 aromatic heterocycles. The van der Waals surface area contributed by atoms with E-state index < -0.39 is 15.9 Å². The molecular formula is C19H26ClN3O4S. The fourth-order valence-electron chi connectivity index (χ4n) is 2.48. The van der Waals surface area contributed by atoms with Gasteiger partial charge in [0.15, 0.2) is 0 Å². The highest BCUT2D eigenvalue weighted by Crippen LogP contribution is 2.28. The summed E-state index contributed by atoms with van der Waals surface area (Å²) < 4.78 is 32.6. The lowest BCUT2D eigenvalue weighted by atomic mass is 10.2. The minimum atomic E-state index is -3.87. The number of hydrogen-bond donors (Lipinski definition) is 2. The van der Waals surface area contributed by atoms with Gasteiger partial charge in [0.1, 0.15) is 10.6 Å². The lowest BCUT2D eigenvalue weighted by molar-refractivity contribution is 0.0941. The number of nitrogens with two attached hydrogens (primary N) is 1. The molecule has 0 aliphatic rings. The standard InChI is InChI=1S/C19H25N3O4S.ClH/c1-14(12-20)21-19(23)16-9-10-17(26-3)18(11-16)27(24,25)22(2)13-15-7-5-4-6-8-15;/h4-11,14H,12-13,20H2,1-3H3,(H,21,23);1H/t14-;/m0./s1. The fourth-order valence-corrected chi connectivity index (χ4v) is 3.82. The molecule has 28 heavy (non-hydrogen) atoms. The van der Waals surface area contributed by atoms with E-state index in [0.29, 0.717) is 0 Å². The van der Waals surface area contributed by atoms with Gasteiger partial charge in [0.05, 0.1) is 7.11 Å². The normalized spacial score (nSPS) is 12.2. The molecule has 0 radical (unpaired) electrons. The van der Waals surface area contributed by atoms with Gasteiger partial charge in [-0.25, -0.2) is 8.42 Å². The summed E-state index contributed by atoms with van der Waals surface area (Å²) in [5.74, 6) is -0.212. The number of carbonyl (C=O) groups excluding carboxylic acids is 1. The van der Waals surface area contributed by atoms with Crippen LogP contribution in [0, 0.1) is 0 Å². The Morgan fingerprint density at radius 1 is 1.21 bits per heavy atom. The average Bonchev–Trinajstić information content (AvgIpc) is 2.67. The summed E-state index contributed by atoms with van der Waals surface area (Å²) >= 11 is 0. The van der Waals surface area contributed by atoms with Crippen LogP contribution >= 0.6 is 12.4 Å². The Bertz CT molecular complexity index is 891. The highest BCUT2D eigenvalue weighted by atomic mass is 35.5. The van der Waals surface area contributed by atoms with E-state index in [1.54, 1.807) is 6.92 Å². The van der Waals surface area contributed by atoms with Crippen molar-refractivity contribution < 1.29 is 17.9 Å². The molecule has 2 aromatic rings. The Balaban J connectivity index is 0.00000392. The SMILES string of the molecule is COc1ccc(C(=O)N[C@@H](C)CN)cc1S(=O)(=O)N(C)Cc1ccccc1.Cl. The first-order chi connectivity index (χ1) is 12.8. The van der Waals surface area contributed by atoms with Crippen LogP contribution in [0.25, 0.3) is 0 Å². The second kappa shape index (κ2) is 10.4. The lowest BCUT2D eigenvalue weighted by Gasteiger charge is -2.20. The summed E-state index contributed by atoms with van der Waals surface area (Å²) in [6.45, 7) is 2.26. The number of nitrogens with one attached hydrogen (secondary N) is 1. The molecule has 2 aromatic carbocycles. The van der Waals surface area contributed by atoms with Gasteiger partial charge >= 0.3 is 0 Å². The Labute approximate surface area is 172 Å². The predicted molar refractivity (Wildman–Crippen MR) is 111 cm³/mol. The van der Waals surface area contributed by atoms with Crippen molar-refractivity contribution in [2.75, 3.05) is 20.7 Å². The molecule has 0 spiro atoms. The predicted octanol–water partition coefficient (Wildman–Crippen LogP) is 2.01. The number of ether oxygens (including phenoxy) is 1. The van der Waals surface area contributed by atoms with Crippen molar-refractivity contribution in [2.24, 2.45) is 5.73 Å². The molecule has 0 aliphatic heterocycles. The van der Waals surface area contributed by atoms with Crippen LogP contribution in [0.3, 0.4) is 0 Å². The Hall–Kier alpha value is -2.13. The molecule has 0 saturated carbocycles. The Kier molecular flexibility index (Phi) is 8.90. The lowest BCUT2D eigenvalue weighted by Crippen LogP contribution is -2.37. The van der Waals surface area contributed by atoms with Crippen LogP contribution in [0.4, 0.5) is 0 Å². The molecule has 0 saturated heterocycles. The first-order valence-corrected chi connectivity index (χ1v) is 9.92. The minimum Gasteiger partial charge on any atom is -0.495 e. The van der Waals surface area contributed by atoms with Gasteiger partial charge in [0.25, 0.3) is 5.91 Å². The number of halogens is 1. The zero-order valence-electron chi connectivity index (χ0n) is 16.1. The van der Waals surface area contributed by atoms with Gasteiger partial charge in [-0.15, -0.1) is 12.4 Å². The maximum atomic E-state index is 13.1. The van der Waals surface area contributed by atoms with Crippen molar-refractivity contribution in [1.29, 1.82) is 0 Å². The molecule has 0 bridgehead atoms. The van der Waals surface area contributed by atoms with E-state index in [4.69, 9.17) is 10.5 Å². The van der Waals surface area contributed by atoms with Crippen LogP contribution in [-0.4, -0.2) is 45.4 Å². The van der Waals surface area contributed by atoms with Gasteiger partial charge in [-0.05, 0) is 30.7 Å². The zero-order chi connectivity index (χ0) is 20.0. The first-order valence-electron chi connectivity index (χ1n) is 8.48. The average molecular weight is 428 g/mol. The fraction of sp³-hybridized carbons (Fsp3) is 0.316. The van der Waals surface area contributed by atoms with Crippen molar-refractivity contribution in [3.05, 3.63) is 59.7 Å². The number of nitrogens with zero attached hydrogens (tertiary/aromatic N) is 1. The Morgan fingerprint density at radius 2 is 1.86 bits per heavy atom. The smallest absolute Gasteiger partial charge is 0.251 e. The van der Waals surface area contributed by atoms with E-state index in [1.165, 1.54) is 36.7 Å². The maximum Gasteiger partial charge on any atom is 0.251 e. The summed E-state index contributed by atoms with van der Waals surface area (Å²) in [4.78, 5) is 12.3. The van der Waals surface area contributed by atoms with E-state index >= 15 is 0 Å². The van der Waals surface area contributed by atoms with Gasteiger partial charge in [0.2, 0.25) is 10.0 Å². The molecule has 3 N–H and O–H groups in total. The summed E-state index contributed by atoms with van der Waals surface area (Å²) in [5, 5.41) is 2.72. The molecule has 1 atom stereocenters. The molecule has 0 heterocycles. The third-order valence-electron chi connectivity index (χ3n) is 4.09. The van der Waals surface area contributed by atoms with Gasteiger partial charge in [-0.3, -0.25) is 4.79 Å². The molecule has 9 heteroatoms. The second-order valence-electron chi connectivity index (χ2n) is 6.22. The monoisotopic (exact) mass is 427 g/mol. The summed E-state index contributed by atoms with van der Waals surface area (Å²) in [7, 11) is -0.985. The summed E-state index contributed by atoms with van der Waals surface area (Å²) in [6, 6.07) is 13.4. The molecule has 0 fully saturated rings. The third-order valence-corrected chi connectivity index (χ3v) is 5.92. The van der Waals surface area contributed by atoms with Gasteiger partial charge in [-0.2, -0.15) is 4.31 Å². The summed E-state index contributed by atoms with van der Waals surface area (Å²) in [6.07, 6.45) is 0.